The van der Waals surface area contributed by atoms with E-state index in [1.807, 2.05) is 12.1 Å². The standard InChI is InChI=1S/C22H24N2O6S/c1-14(22(27)24-18-6-3-7-19(13-18)31(23,28)29)30-21(26)11-10-20(25)17-9-8-15-4-2-5-16(15)12-17/h3,6-9,12-14H,2,4-5,10-11H2,1H3,(H,24,27)(H2,23,28,29). The van der Waals surface area contributed by atoms with Crippen LogP contribution < -0.4 is 10.5 Å². The lowest BCUT2D eigenvalue weighted by atomic mass is 10.0. The molecule has 3 rings (SSSR count). The second-order valence-electron chi connectivity index (χ2n) is 7.45. The van der Waals surface area contributed by atoms with E-state index in [2.05, 4.69) is 5.32 Å². The molecule has 0 aromatic heterocycles. The molecule has 1 amide bonds. The molecule has 8 nitrogen and oxygen atoms in total. The predicted octanol–water partition coefficient (Wildman–Crippen LogP) is 2.36. The molecule has 0 aliphatic heterocycles. The molecule has 31 heavy (non-hydrogen) atoms. The number of hydrogen-bond donors (Lipinski definition) is 2. The van der Waals surface area contributed by atoms with E-state index in [4.69, 9.17) is 9.88 Å². The molecule has 0 saturated heterocycles. The molecule has 0 bridgehead atoms. The summed E-state index contributed by atoms with van der Waals surface area (Å²) in [6.07, 6.45) is 1.80. The van der Waals surface area contributed by atoms with Crippen molar-refractivity contribution in [2.24, 2.45) is 5.14 Å². The number of aryl methyl sites for hydroxylation is 2. The quantitative estimate of drug-likeness (QED) is 0.474. The van der Waals surface area contributed by atoms with Gasteiger partial charge in [-0.05, 0) is 61.6 Å². The Bertz CT molecular complexity index is 1130. The second kappa shape index (κ2) is 9.40. The van der Waals surface area contributed by atoms with Crippen LogP contribution >= 0.6 is 0 Å². The van der Waals surface area contributed by atoms with Crippen molar-refractivity contribution in [3.05, 3.63) is 59.2 Å². The van der Waals surface area contributed by atoms with Gasteiger partial charge in [-0.1, -0.05) is 18.2 Å². The monoisotopic (exact) mass is 444 g/mol. The van der Waals surface area contributed by atoms with E-state index in [-0.39, 0.29) is 29.2 Å². The zero-order chi connectivity index (χ0) is 22.6. The van der Waals surface area contributed by atoms with Crippen molar-refractivity contribution in [1.82, 2.24) is 0 Å². The fraction of sp³-hybridized carbons (Fsp3) is 0.318. The Morgan fingerprint density at radius 3 is 2.55 bits per heavy atom. The van der Waals surface area contributed by atoms with E-state index in [1.54, 1.807) is 6.07 Å². The van der Waals surface area contributed by atoms with Crippen molar-refractivity contribution >= 4 is 33.4 Å². The zero-order valence-corrected chi connectivity index (χ0v) is 17.9. The number of amides is 1. The average Bonchev–Trinajstić information content (AvgIpc) is 3.19. The van der Waals surface area contributed by atoms with Gasteiger partial charge in [0.2, 0.25) is 10.0 Å². The van der Waals surface area contributed by atoms with Gasteiger partial charge in [-0.25, -0.2) is 13.6 Å². The van der Waals surface area contributed by atoms with Crippen LogP contribution in [-0.2, 0) is 37.2 Å². The predicted molar refractivity (Wildman–Crippen MR) is 114 cm³/mol. The fourth-order valence-electron chi connectivity index (χ4n) is 3.41. The number of hydrogen-bond acceptors (Lipinski definition) is 6. The summed E-state index contributed by atoms with van der Waals surface area (Å²) in [5.74, 6) is -1.45. The van der Waals surface area contributed by atoms with Crippen LogP contribution in [0.3, 0.4) is 0 Å². The molecule has 0 heterocycles. The lowest BCUT2D eigenvalue weighted by Crippen LogP contribution is -2.30. The number of esters is 1. The average molecular weight is 445 g/mol. The van der Waals surface area contributed by atoms with Gasteiger partial charge >= 0.3 is 5.97 Å². The molecule has 1 atom stereocenters. The van der Waals surface area contributed by atoms with Crippen molar-refractivity contribution in [1.29, 1.82) is 0 Å². The lowest BCUT2D eigenvalue weighted by molar-refractivity contribution is -0.153. The highest BCUT2D eigenvalue weighted by molar-refractivity contribution is 7.89. The van der Waals surface area contributed by atoms with Gasteiger partial charge in [0.15, 0.2) is 11.9 Å². The molecule has 1 aliphatic carbocycles. The molecule has 0 radical (unpaired) electrons. The Morgan fingerprint density at radius 1 is 1.06 bits per heavy atom. The number of carbonyl (C=O) groups excluding carboxylic acids is 3. The van der Waals surface area contributed by atoms with Gasteiger partial charge in [0.25, 0.3) is 5.91 Å². The normalized spacial score (nSPS) is 13.9. The summed E-state index contributed by atoms with van der Waals surface area (Å²) >= 11 is 0. The van der Waals surface area contributed by atoms with Gasteiger partial charge in [-0.15, -0.1) is 0 Å². The summed E-state index contributed by atoms with van der Waals surface area (Å²) in [6.45, 7) is 1.39. The van der Waals surface area contributed by atoms with Gasteiger partial charge < -0.3 is 10.1 Å². The molecule has 0 spiro atoms. The number of fused-ring (bicyclic) bond motifs is 1. The number of benzene rings is 2. The number of Topliss-reactive ketones (excluding diaryl/α,β-unsaturated/α-hetero) is 1. The summed E-state index contributed by atoms with van der Waals surface area (Å²) in [7, 11) is -3.91. The Balaban J connectivity index is 1.50. The molecule has 2 aromatic rings. The number of primary sulfonamides is 1. The molecule has 0 saturated carbocycles. The first-order valence-corrected chi connectivity index (χ1v) is 11.5. The van der Waals surface area contributed by atoms with Crippen molar-refractivity contribution in [2.45, 2.75) is 50.0 Å². The smallest absolute Gasteiger partial charge is 0.307 e. The SMILES string of the molecule is CC(OC(=O)CCC(=O)c1ccc2c(c1)CCC2)C(=O)Nc1cccc(S(N)(=O)=O)c1. The van der Waals surface area contributed by atoms with Crippen LogP contribution in [0, 0.1) is 0 Å². The second-order valence-corrected chi connectivity index (χ2v) is 9.02. The number of sulfonamides is 1. The molecular formula is C22H24N2O6S. The minimum atomic E-state index is -3.91. The summed E-state index contributed by atoms with van der Waals surface area (Å²) < 4.78 is 27.9. The van der Waals surface area contributed by atoms with E-state index in [0.717, 1.165) is 19.3 Å². The Labute approximate surface area is 180 Å². The van der Waals surface area contributed by atoms with Crippen LogP contribution in [0.25, 0.3) is 0 Å². The zero-order valence-electron chi connectivity index (χ0n) is 17.1. The third-order valence-corrected chi connectivity index (χ3v) is 6.00. The van der Waals surface area contributed by atoms with Crippen LogP contribution in [0.4, 0.5) is 5.69 Å². The third kappa shape index (κ3) is 5.99. The maximum absolute atomic E-state index is 12.4. The summed E-state index contributed by atoms with van der Waals surface area (Å²) in [6, 6.07) is 11.0. The molecule has 164 valence electrons. The molecule has 2 aromatic carbocycles. The van der Waals surface area contributed by atoms with Gasteiger partial charge in [-0.2, -0.15) is 0 Å². The minimum absolute atomic E-state index is 0.0115. The number of ether oxygens (including phenoxy) is 1. The van der Waals surface area contributed by atoms with Crippen LogP contribution in [0.5, 0.6) is 0 Å². The van der Waals surface area contributed by atoms with Gasteiger partial charge in [0, 0.05) is 17.7 Å². The number of ketones is 1. The topological polar surface area (TPSA) is 133 Å². The highest BCUT2D eigenvalue weighted by Gasteiger charge is 2.20. The summed E-state index contributed by atoms with van der Waals surface area (Å²) in [4.78, 5) is 36.5. The molecular weight excluding hydrogens is 420 g/mol. The van der Waals surface area contributed by atoms with Crippen LogP contribution in [0.15, 0.2) is 47.4 Å². The van der Waals surface area contributed by atoms with Crippen LogP contribution in [0.2, 0.25) is 0 Å². The molecule has 0 fully saturated rings. The first-order valence-electron chi connectivity index (χ1n) is 9.91. The van der Waals surface area contributed by atoms with E-state index in [1.165, 1.54) is 42.3 Å². The first kappa shape index (κ1) is 22.6. The van der Waals surface area contributed by atoms with Gasteiger partial charge in [0.1, 0.15) is 0 Å². The van der Waals surface area contributed by atoms with E-state index in [0.29, 0.717) is 5.56 Å². The third-order valence-electron chi connectivity index (χ3n) is 5.08. The Hall–Kier alpha value is -3.04. The van der Waals surface area contributed by atoms with E-state index < -0.39 is 28.0 Å². The highest BCUT2D eigenvalue weighted by atomic mass is 32.2. The fourth-order valence-corrected chi connectivity index (χ4v) is 3.97. The van der Waals surface area contributed by atoms with E-state index in [9.17, 15) is 22.8 Å². The van der Waals surface area contributed by atoms with Crippen molar-refractivity contribution in [3.63, 3.8) is 0 Å². The number of nitrogens with two attached hydrogens (primary N) is 1. The van der Waals surface area contributed by atoms with Crippen molar-refractivity contribution in [3.8, 4) is 0 Å². The Kier molecular flexibility index (Phi) is 6.87. The first-order chi connectivity index (χ1) is 14.6. The number of anilines is 1. The van der Waals surface area contributed by atoms with Crippen LogP contribution in [0.1, 0.15) is 47.7 Å². The molecule has 9 heteroatoms. The maximum atomic E-state index is 12.4. The van der Waals surface area contributed by atoms with Crippen LogP contribution in [-0.4, -0.2) is 32.2 Å². The summed E-state index contributed by atoms with van der Waals surface area (Å²) in [5.41, 5.74) is 3.23. The molecule has 1 unspecified atom stereocenters. The lowest BCUT2D eigenvalue weighted by Gasteiger charge is -2.14. The van der Waals surface area contributed by atoms with E-state index >= 15 is 0 Å². The summed E-state index contributed by atoms with van der Waals surface area (Å²) in [5, 5.41) is 7.54. The highest BCUT2D eigenvalue weighted by Crippen LogP contribution is 2.23. The number of rotatable bonds is 8. The van der Waals surface area contributed by atoms with Gasteiger partial charge in [-0.3, -0.25) is 14.4 Å². The number of nitrogens with one attached hydrogen (secondary N) is 1. The molecule has 1 aliphatic rings. The Morgan fingerprint density at radius 2 is 1.81 bits per heavy atom. The van der Waals surface area contributed by atoms with Crippen molar-refractivity contribution < 1.29 is 27.5 Å². The largest absolute Gasteiger partial charge is 0.453 e. The van der Waals surface area contributed by atoms with Crippen molar-refractivity contribution in [2.75, 3.05) is 5.32 Å². The molecule has 3 N–H and O–H groups in total. The minimum Gasteiger partial charge on any atom is -0.453 e. The maximum Gasteiger partial charge on any atom is 0.307 e. The van der Waals surface area contributed by atoms with Gasteiger partial charge in [0.05, 0.1) is 11.3 Å². The number of carbonyl (C=O) groups is 3.